The van der Waals surface area contributed by atoms with Gasteiger partial charge in [0, 0.05) is 19.6 Å². The Kier molecular flexibility index (Phi) is 6.31. The summed E-state index contributed by atoms with van der Waals surface area (Å²) in [5.41, 5.74) is 2.80. The molecule has 1 amide bonds. The number of aryl methyl sites for hydroxylation is 1. The number of hydrogen-bond donors (Lipinski definition) is 1. The summed E-state index contributed by atoms with van der Waals surface area (Å²) >= 11 is 0. The highest BCUT2D eigenvalue weighted by Gasteiger charge is 2.34. The number of hydrogen-bond acceptors (Lipinski definition) is 4. The normalized spacial score (nSPS) is 16.1. The first-order valence-electron chi connectivity index (χ1n) is 9.48. The molecule has 0 unspecified atom stereocenters. The molecule has 28 heavy (non-hydrogen) atoms. The molecule has 1 aliphatic heterocycles. The van der Waals surface area contributed by atoms with Crippen LogP contribution in [0.15, 0.2) is 48.5 Å². The van der Waals surface area contributed by atoms with E-state index in [4.69, 9.17) is 4.74 Å². The lowest BCUT2D eigenvalue weighted by atomic mass is 9.97. The van der Waals surface area contributed by atoms with Crippen LogP contribution in [0.25, 0.3) is 0 Å². The maximum absolute atomic E-state index is 12.7. The summed E-state index contributed by atoms with van der Waals surface area (Å²) in [5.74, 6) is -0.196. The van der Waals surface area contributed by atoms with Crippen molar-refractivity contribution in [1.82, 2.24) is 9.80 Å². The number of benzene rings is 2. The number of carbonyl (C=O) groups excluding carboxylic acids is 1. The summed E-state index contributed by atoms with van der Waals surface area (Å²) in [4.78, 5) is 28.3. The Morgan fingerprint density at radius 1 is 1.14 bits per heavy atom. The van der Waals surface area contributed by atoms with Crippen molar-refractivity contribution < 1.29 is 19.4 Å². The lowest BCUT2D eigenvalue weighted by molar-refractivity contribution is -0.148. The lowest BCUT2D eigenvalue weighted by Crippen LogP contribution is -2.52. The topological polar surface area (TPSA) is 70.1 Å². The summed E-state index contributed by atoms with van der Waals surface area (Å²) in [6.45, 7) is 3.65. The zero-order valence-corrected chi connectivity index (χ0v) is 16.3. The molecule has 1 atom stereocenters. The predicted molar refractivity (Wildman–Crippen MR) is 106 cm³/mol. The van der Waals surface area contributed by atoms with E-state index in [1.807, 2.05) is 55.5 Å². The number of methoxy groups -OCH3 is 1. The van der Waals surface area contributed by atoms with E-state index in [-0.39, 0.29) is 12.5 Å². The zero-order valence-electron chi connectivity index (χ0n) is 16.3. The van der Waals surface area contributed by atoms with Gasteiger partial charge in [-0.3, -0.25) is 14.5 Å². The standard InChI is InChI=1S/C22H26N2O4/c1-3-17-6-4-5-7-19(17)21(22(26)27)24-13-12-23(20(25)15-24)14-16-8-10-18(28-2)11-9-16/h4-11,21H,3,12-15H2,1-2H3,(H,26,27)/t21-/m1/s1. The largest absolute Gasteiger partial charge is 0.497 e. The third-order valence-electron chi connectivity index (χ3n) is 5.21. The van der Waals surface area contributed by atoms with Crippen molar-refractivity contribution in [2.45, 2.75) is 25.9 Å². The Bertz CT molecular complexity index is 835. The van der Waals surface area contributed by atoms with Crippen molar-refractivity contribution in [2.75, 3.05) is 26.7 Å². The van der Waals surface area contributed by atoms with Gasteiger partial charge in [-0.05, 0) is 35.2 Å². The van der Waals surface area contributed by atoms with Crippen LogP contribution in [0.2, 0.25) is 0 Å². The van der Waals surface area contributed by atoms with Gasteiger partial charge in [-0.2, -0.15) is 0 Å². The monoisotopic (exact) mass is 382 g/mol. The Morgan fingerprint density at radius 2 is 1.86 bits per heavy atom. The molecule has 2 aromatic rings. The van der Waals surface area contributed by atoms with Gasteiger partial charge >= 0.3 is 5.97 Å². The molecular formula is C22H26N2O4. The minimum Gasteiger partial charge on any atom is -0.497 e. The van der Waals surface area contributed by atoms with Crippen LogP contribution >= 0.6 is 0 Å². The molecule has 6 nitrogen and oxygen atoms in total. The van der Waals surface area contributed by atoms with Crippen LogP contribution < -0.4 is 4.74 Å². The molecule has 148 valence electrons. The van der Waals surface area contributed by atoms with Crippen LogP contribution in [-0.4, -0.2) is 53.5 Å². The minimum absolute atomic E-state index is 0.0534. The van der Waals surface area contributed by atoms with Crippen molar-refractivity contribution in [1.29, 1.82) is 0 Å². The fraction of sp³-hybridized carbons (Fsp3) is 0.364. The number of nitrogens with zero attached hydrogens (tertiary/aromatic N) is 2. The van der Waals surface area contributed by atoms with E-state index in [0.717, 1.165) is 28.9 Å². The number of aliphatic carboxylic acids is 1. The molecule has 3 rings (SSSR count). The molecule has 6 heteroatoms. The second kappa shape index (κ2) is 8.89. The van der Waals surface area contributed by atoms with Crippen molar-refractivity contribution in [3.8, 4) is 5.75 Å². The van der Waals surface area contributed by atoms with Crippen molar-refractivity contribution in [2.24, 2.45) is 0 Å². The van der Waals surface area contributed by atoms with Gasteiger partial charge in [-0.1, -0.05) is 43.3 Å². The number of ether oxygens (including phenoxy) is 1. The van der Waals surface area contributed by atoms with E-state index in [1.165, 1.54) is 0 Å². The SMILES string of the molecule is CCc1ccccc1[C@H](C(=O)O)N1CCN(Cc2ccc(OC)cc2)C(=O)C1. The molecular weight excluding hydrogens is 356 g/mol. The summed E-state index contributed by atoms with van der Waals surface area (Å²) in [5, 5.41) is 9.86. The van der Waals surface area contributed by atoms with Crippen molar-refractivity contribution in [3.05, 3.63) is 65.2 Å². The fourth-order valence-electron chi connectivity index (χ4n) is 3.67. The third kappa shape index (κ3) is 4.34. The molecule has 1 fully saturated rings. The van der Waals surface area contributed by atoms with E-state index in [2.05, 4.69) is 0 Å². The van der Waals surface area contributed by atoms with Gasteiger partial charge in [0.05, 0.1) is 13.7 Å². The second-order valence-electron chi connectivity index (χ2n) is 6.93. The predicted octanol–water partition coefficient (Wildman–Crippen LogP) is 2.73. The molecule has 0 aliphatic carbocycles. The number of rotatable bonds is 7. The molecule has 1 aliphatic rings. The zero-order chi connectivity index (χ0) is 20.1. The van der Waals surface area contributed by atoms with Crippen molar-refractivity contribution >= 4 is 11.9 Å². The van der Waals surface area contributed by atoms with E-state index in [9.17, 15) is 14.7 Å². The summed E-state index contributed by atoms with van der Waals surface area (Å²) in [6, 6.07) is 14.4. The molecule has 0 radical (unpaired) electrons. The summed E-state index contributed by atoms with van der Waals surface area (Å²) in [7, 11) is 1.62. The molecule has 0 saturated carbocycles. The average molecular weight is 382 g/mol. The number of piperazine rings is 1. The number of carboxylic acid groups (broad SMARTS) is 1. The van der Waals surface area contributed by atoms with Crippen LogP contribution in [0.4, 0.5) is 0 Å². The second-order valence-corrected chi connectivity index (χ2v) is 6.93. The maximum atomic E-state index is 12.7. The van der Waals surface area contributed by atoms with Crippen LogP contribution in [0, 0.1) is 0 Å². The lowest BCUT2D eigenvalue weighted by Gasteiger charge is -2.37. The van der Waals surface area contributed by atoms with E-state index in [0.29, 0.717) is 19.6 Å². The van der Waals surface area contributed by atoms with E-state index in [1.54, 1.807) is 16.9 Å². The first-order chi connectivity index (χ1) is 13.5. The molecule has 1 N–H and O–H groups in total. The van der Waals surface area contributed by atoms with Gasteiger partial charge in [0.15, 0.2) is 0 Å². The molecule has 1 saturated heterocycles. The number of carboxylic acids is 1. The highest BCUT2D eigenvalue weighted by molar-refractivity contribution is 5.81. The van der Waals surface area contributed by atoms with Crippen LogP contribution in [-0.2, 0) is 22.6 Å². The number of amides is 1. The van der Waals surface area contributed by atoms with Gasteiger partial charge in [-0.25, -0.2) is 0 Å². The summed E-state index contributed by atoms with van der Waals surface area (Å²) < 4.78 is 5.16. The van der Waals surface area contributed by atoms with Crippen LogP contribution in [0.1, 0.15) is 29.7 Å². The van der Waals surface area contributed by atoms with Crippen LogP contribution in [0.5, 0.6) is 5.75 Å². The van der Waals surface area contributed by atoms with Crippen molar-refractivity contribution in [3.63, 3.8) is 0 Å². The Morgan fingerprint density at radius 3 is 2.46 bits per heavy atom. The van der Waals surface area contributed by atoms with Gasteiger partial charge in [0.2, 0.25) is 5.91 Å². The highest BCUT2D eigenvalue weighted by atomic mass is 16.5. The van der Waals surface area contributed by atoms with Gasteiger partial charge in [-0.15, -0.1) is 0 Å². The Hall–Kier alpha value is -2.86. The molecule has 0 spiro atoms. The van der Waals surface area contributed by atoms with Crippen LogP contribution in [0.3, 0.4) is 0 Å². The molecule has 2 aromatic carbocycles. The van der Waals surface area contributed by atoms with E-state index >= 15 is 0 Å². The Balaban J connectivity index is 1.72. The molecule has 1 heterocycles. The first-order valence-corrected chi connectivity index (χ1v) is 9.48. The summed E-state index contributed by atoms with van der Waals surface area (Å²) in [6.07, 6.45) is 0.755. The third-order valence-corrected chi connectivity index (χ3v) is 5.21. The maximum Gasteiger partial charge on any atom is 0.325 e. The highest BCUT2D eigenvalue weighted by Crippen LogP contribution is 2.27. The fourth-order valence-corrected chi connectivity index (χ4v) is 3.67. The number of carbonyl (C=O) groups is 2. The van der Waals surface area contributed by atoms with E-state index < -0.39 is 12.0 Å². The quantitative estimate of drug-likeness (QED) is 0.797. The Labute approximate surface area is 165 Å². The van der Waals surface area contributed by atoms with Gasteiger partial charge in [0.25, 0.3) is 0 Å². The first kappa shape index (κ1) is 19.9. The smallest absolute Gasteiger partial charge is 0.325 e. The molecule has 0 bridgehead atoms. The average Bonchev–Trinajstić information content (AvgIpc) is 2.71. The molecule has 0 aromatic heterocycles. The van der Waals surface area contributed by atoms with Gasteiger partial charge in [0.1, 0.15) is 11.8 Å². The minimum atomic E-state index is -0.919. The van der Waals surface area contributed by atoms with Gasteiger partial charge < -0.3 is 14.7 Å².